The number of nitrogens with zero attached hydrogens (tertiary/aromatic N) is 2. The average molecular weight is 589 g/mol. The molecule has 0 fully saturated rings. The minimum absolute atomic E-state index is 0.686. The van der Waals surface area contributed by atoms with E-state index in [-0.39, 0.29) is 0 Å². The Morgan fingerprint density at radius 1 is 0.436 bits per heavy atom. The molecule has 0 aliphatic carbocycles. The molecule has 0 atom stereocenters. The molecule has 0 spiro atoms. The first-order valence-electron chi connectivity index (χ1n) is 11.4. The maximum absolute atomic E-state index is 12.9. The summed E-state index contributed by atoms with van der Waals surface area (Å²) in [4.78, 5) is 14.3. The van der Waals surface area contributed by atoms with Crippen LogP contribution in [0.4, 0.5) is 26.3 Å². The van der Waals surface area contributed by atoms with Crippen molar-refractivity contribution >= 4 is 45.0 Å². The van der Waals surface area contributed by atoms with Crippen LogP contribution in [0.5, 0.6) is 0 Å². The van der Waals surface area contributed by atoms with Gasteiger partial charge in [-0.15, -0.1) is 34.0 Å². The molecule has 0 bridgehead atoms. The maximum atomic E-state index is 12.9. The molecule has 196 valence electrons. The third-order valence-electron chi connectivity index (χ3n) is 5.99. The van der Waals surface area contributed by atoms with E-state index in [9.17, 15) is 26.3 Å². The fraction of sp³-hybridized carbons (Fsp3) is 0.0714. The van der Waals surface area contributed by atoms with Gasteiger partial charge in [0.2, 0.25) is 0 Å². The summed E-state index contributed by atoms with van der Waals surface area (Å²) < 4.78 is 77.7. The van der Waals surface area contributed by atoms with Crippen LogP contribution in [0.3, 0.4) is 0 Å². The molecule has 2 aromatic carbocycles. The van der Waals surface area contributed by atoms with Gasteiger partial charge in [0.15, 0.2) is 0 Å². The van der Waals surface area contributed by atoms with Crippen molar-refractivity contribution in [2.24, 2.45) is 0 Å². The van der Waals surface area contributed by atoms with E-state index < -0.39 is 23.5 Å². The Labute approximate surface area is 229 Å². The van der Waals surface area contributed by atoms with Crippen LogP contribution >= 0.6 is 34.0 Å². The van der Waals surface area contributed by atoms with Crippen LogP contribution in [0.1, 0.15) is 11.1 Å². The standard InChI is InChI=1S/C28H14F6N2S3/c29-27(30,31)17-5-1-15(2-6-17)19-9-11-21(37-19)25-23-24(36-14-13-35-23)26(39-25)22-12-10-20(38-22)16-3-7-18(8-4-16)28(32,33)34/h1-14H. The van der Waals surface area contributed by atoms with E-state index in [2.05, 4.69) is 9.97 Å². The van der Waals surface area contributed by atoms with Crippen LogP contribution < -0.4 is 0 Å². The summed E-state index contributed by atoms with van der Waals surface area (Å²) in [6.07, 6.45) is -5.57. The second-order valence-electron chi connectivity index (χ2n) is 8.49. The molecule has 4 aromatic heterocycles. The zero-order chi connectivity index (χ0) is 27.4. The molecular weight excluding hydrogens is 575 g/mol. The van der Waals surface area contributed by atoms with E-state index in [1.54, 1.807) is 12.4 Å². The second kappa shape index (κ2) is 9.58. The summed E-state index contributed by atoms with van der Waals surface area (Å²) in [6.45, 7) is 0. The van der Waals surface area contributed by atoms with Crippen LogP contribution in [0.2, 0.25) is 0 Å². The Morgan fingerprint density at radius 3 is 1.15 bits per heavy atom. The quantitative estimate of drug-likeness (QED) is 0.192. The van der Waals surface area contributed by atoms with Gasteiger partial charge in [-0.05, 0) is 59.7 Å². The molecule has 0 aliphatic heterocycles. The molecule has 0 amide bonds. The van der Waals surface area contributed by atoms with Gasteiger partial charge in [-0.3, -0.25) is 9.97 Å². The Bertz CT molecular complexity index is 1650. The Morgan fingerprint density at radius 2 is 0.795 bits per heavy atom. The molecule has 0 saturated carbocycles. The number of benzene rings is 2. The van der Waals surface area contributed by atoms with Crippen molar-refractivity contribution < 1.29 is 26.3 Å². The van der Waals surface area contributed by atoms with Crippen LogP contribution in [0.15, 0.2) is 85.2 Å². The molecule has 6 rings (SSSR count). The van der Waals surface area contributed by atoms with E-state index in [1.807, 2.05) is 24.3 Å². The van der Waals surface area contributed by atoms with Gasteiger partial charge in [-0.1, -0.05) is 24.3 Å². The van der Waals surface area contributed by atoms with Crippen molar-refractivity contribution in [3.05, 3.63) is 96.3 Å². The average Bonchev–Trinajstić information content (AvgIpc) is 3.66. The highest BCUT2D eigenvalue weighted by Gasteiger charge is 2.31. The molecular formula is C28H14F6N2S3. The van der Waals surface area contributed by atoms with Gasteiger partial charge >= 0.3 is 12.4 Å². The van der Waals surface area contributed by atoms with Crippen molar-refractivity contribution in [1.82, 2.24) is 9.97 Å². The van der Waals surface area contributed by atoms with E-state index >= 15 is 0 Å². The van der Waals surface area contributed by atoms with Crippen molar-refractivity contribution in [2.45, 2.75) is 12.4 Å². The van der Waals surface area contributed by atoms with Gasteiger partial charge in [-0.2, -0.15) is 26.3 Å². The SMILES string of the molecule is FC(F)(F)c1ccc(-c2ccc(-c3sc(-c4ccc(-c5ccc(C(F)(F)F)cc5)s4)c4nccnc34)s2)cc1. The number of aromatic nitrogens is 2. The lowest BCUT2D eigenvalue weighted by Crippen LogP contribution is -2.03. The molecule has 39 heavy (non-hydrogen) atoms. The Balaban J connectivity index is 1.35. The summed E-state index contributed by atoms with van der Waals surface area (Å²) >= 11 is 4.41. The summed E-state index contributed by atoms with van der Waals surface area (Å²) in [6, 6.07) is 17.7. The molecule has 0 unspecified atom stereocenters. The lowest BCUT2D eigenvalue weighted by atomic mass is 10.1. The van der Waals surface area contributed by atoms with E-state index in [1.165, 1.54) is 58.3 Å². The topological polar surface area (TPSA) is 25.8 Å². The van der Waals surface area contributed by atoms with Gasteiger partial charge < -0.3 is 0 Å². The van der Waals surface area contributed by atoms with Gasteiger partial charge in [0.05, 0.1) is 20.9 Å². The third kappa shape index (κ3) is 4.97. The van der Waals surface area contributed by atoms with Crippen LogP contribution in [0.25, 0.3) is 51.4 Å². The van der Waals surface area contributed by atoms with E-state index in [0.29, 0.717) is 22.2 Å². The minimum atomic E-state index is -4.39. The zero-order valence-electron chi connectivity index (χ0n) is 19.5. The van der Waals surface area contributed by atoms with E-state index in [4.69, 9.17) is 0 Å². The molecule has 0 N–H and O–H groups in total. The lowest BCUT2D eigenvalue weighted by molar-refractivity contribution is -0.138. The van der Waals surface area contributed by atoms with Crippen molar-refractivity contribution in [1.29, 1.82) is 0 Å². The smallest absolute Gasteiger partial charge is 0.251 e. The highest BCUT2D eigenvalue weighted by molar-refractivity contribution is 7.29. The first-order valence-corrected chi connectivity index (χ1v) is 13.8. The number of hydrogen-bond acceptors (Lipinski definition) is 5. The first kappa shape index (κ1) is 25.7. The van der Waals surface area contributed by atoms with E-state index in [0.717, 1.165) is 53.5 Å². The number of thiophene rings is 3. The fourth-order valence-corrected chi connectivity index (χ4v) is 7.52. The number of alkyl halides is 6. The fourth-order valence-electron chi connectivity index (χ4n) is 4.08. The largest absolute Gasteiger partial charge is 0.416 e. The second-order valence-corrected chi connectivity index (χ2v) is 11.7. The molecule has 11 heteroatoms. The Kier molecular flexibility index (Phi) is 6.32. The predicted molar refractivity (Wildman–Crippen MR) is 145 cm³/mol. The van der Waals surface area contributed by atoms with Crippen LogP contribution in [-0.4, -0.2) is 9.97 Å². The molecule has 0 radical (unpaired) electrons. The monoisotopic (exact) mass is 588 g/mol. The highest BCUT2D eigenvalue weighted by Crippen LogP contribution is 2.48. The number of hydrogen-bond donors (Lipinski definition) is 0. The van der Waals surface area contributed by atoms with Gasteiger partial charge in [0, 0.05) is 31.9 Å². The van der Waals surface area contributed by atoms with Crippen LogP contribution in [-0.2, 0) is 12.4 Å². The molecule has 2 nitrogen and oxygen atoms in total. The molecule has 0 saturated heterocycles. The number of rotatable bonds is 4. The third-order valence-corrected chi connectivity index (χ3v) is 9.78. The molecule has 6 aromatic rings. The summed E-state index contributed by atoms with van der Waals surface area (Å²) in [7, 11) is 0. The predicted octanol–water partition coefficient (Wildman–Crippen LogP) is 10.5. The van der Waals surface area contributed by atoms with Crippen molar-refractivity contribution in [2.75, 3.05) is 0 Å². The first-order chi connectivity index (χ1) is 18.6. The van der Waals surface area contributed by atoms with Gasteiger partial charge in [-0.25, -0.2) is 0 Å². The highest BCUT2D eigenvalue weighted by atomic mass is 32.1. The summed E-state index contributed by atoms with van der Waals surface area (Å²) in [5.74, 6) is 0. The number of fused-ring (bicyclic) bond motifs is 1. The molecule has 0 aliphatic rings. The van der Waals surface area contributed by atoms with Gasteiger partial charge in [0.25, 0.3) is 0 Å². The van der Waals surface area contributed by atoms with Gasteiger partial charge in [0.1, 0.15) is 11.0 Å². The normalized spacial score (nSPS) is 12.4. The zero-order valence-corrected chi connectivity index (χ0v) is 21.9. The molecule has 4 heterocycles. The number of halogens is 6. The van der Waals surface area contributed by atoms with Crippen molar-refractivity contribution in [3.63, 3.8) is 0 Å². The Hall–Kier alpha value is -3.54. The van der Waals surface area contributed by atoms with Crippen LogP contribution in [0, 0.1) is 0 Å². The summed E-state index contributed by atoms with van der Waals surface area (Å²) in [5.41, 5.74) is 1.40. The minimum Gasteiger partial charge on any atom is -0.251 e. The van der Waals surface area contributed by atoms with Crippen molar-refractivity contribution in [3.8, 4) is 40.4 Å². The summed E-state index contributed by atoms with van der Waals surface area (Å²) in [5, 5.41) is 0. The maximum Gasteiger partial charge on any atom is 0.416 e. The lowest BCUT2D eigenvalue weighted by Gasteiger charge is -2.06.